The lowest BCUT2D eigenvalue weighted by atomic mass is 10.1. The summed E-state index contributed by atoms with van der Waals surface area (Å²) >= 11 is 0. The molecule has 30 heavy (non-hydrogen) atoms. The lowest BCUT2D eigenvalue weighted by molar-refractivity contribution is 0.0392. The monoisotopic (exact) mass is 408 g/mol. The fourth-order valence-electron chi connectivity index (χ4n) is 3.19. The van der Waals surface area contributed by atoms with Crippen LogP contribution in [0, 0.1) is 5.82 Å². The minimum atomic E-state index is -0.700. The van der Waals surface area contributed by atoms with Crippen molar-refractivity contribution < 1.29 is 14.2 Å². The van der Waals surface area contributed by atoms with Crippen molar-refractivity contribution in [3.05, 3.63) is 72.3 Å². The zero-order valence-corrected chi connectivity index (χ0v) is 16.3. The molecule has 1 aromatic carbocycles. The molecule has 9 heteroatoms. The summed E-state index contributed by atoms with van der Waals surface area (Å²) in [7, 11) is 1.54. The van der Waals surface area contributed by atoms with Crippen molar-refractivity contribution in [1.29, 1.82) is 0 Å². The largest absolute Gasteiger partial charge is 0.481 e. The molecule has 0 aliphatic carbocycles. The van der Waals surface area contributed by atoms with Gasteiger partial charge in [0.15, 0.2) is 11.6 Å². The Labute approximate surface area is 173 Å². The maximum Gasteiger partial charge on any atom is 0.229 e. The van der Waals surface area contributed by atoms with E-state index in [1.54, 1.807) is 18.3 Å². The molecule has 1 aliphatic rings. The Hall–Kier alpha value is -3.56. The number of fused-ring (bicyclic) bond motifs is 1. The zero-order valence-electron chi connectivity index (χ0n) is 16.3. The average Bonchev–Trinajstić information content (AvgIpc) is 3.19. The van der Waals surface area contributed by atoms with Gasteiger partial charge in [0, 0.05) is 24.8 Å². The van der Waals surface area contributed by atoms with Gasteiger partial charge in [-0.05, 0) is 35.4 Å². The number of benzene rings is 1. The number of nitrogens with one attached hydrogen (secondary N) is 2. The number of halogens is 1. The van der Waals surface area contributed by atoms with Crippen molar-refractivity contribution in [2.45, 2.75) is 19.3 Å². The van der Waals surface area contributed by atoms with E-state index in [1.165, 1.54) is 13.2 Å². The first kappa shape index (κ1) is 19.7. The third-order valence-electron chi connectivity index (χ3n) is 4.75. The van der Waals surface area contributed by atoms with E-state index in [0.717, 1.165) is 17.3 Å². The number of aliphatic hydroxyl groups is 1. The van der Waals surface area contributed by atoms with Crippen LogP contribution in [0.1, 0.15) is 11.1 Å². The summed E-state index contributed by atoms with van der Waals surface area (Å²) in [4.78, 5) is 14.2. The highest BCUT2D eigenvalue weighted by Crippen LogP contribution is 2.29. The van der Waals surface area contributed by atoms with Crippen LogP contribution in [-0.4, -0.2) is 38.3 Å². The molecule has 0 saturated heterocycles. The normalized spacial score (nSPS) is 14.1. The second kappa shape index (κ2) is 8.44. The van der Waals surface area contributed by atoms with E-state index in [1.807, 2.05) is 23.1 Å². The molecule has 154 valence electrons. The number of aromatic nitrogens is 3. The van der Waals surface area contributed by atoms with Crippen molar-refractivity contribution in [2.75, 3.05) is 17.7 Å². The minimum Gasteiger partial charge on any atom is -0.481 e. The van der Waals surface area contributed by atoms with Gasteiger partial charge in [-0.3, -0.25) is 4.90 Å². The molecule has 4 rings (SSSR count). The van der Waals surface area contributed by atoms with Gasteiger partial charge in [0.25, 0.3) is 0 Å². The summed E-state index contributed by atoms with van der Waals surface area (Å²) in [6, 6.07) is 9.18. The fourth-order valence-corrected chi connectivity index (χ4v) is 3.19. The van der Waals surface area contributed by atoms with Gasteiger partial charge in [-0.15, -0.1) is 0 Å². The topological polar surface area (TPSA) is 95.4 Å². The van der Waals surface area contributed by atoms with E-state index in [4.69, 9.17) is 4.74 Å². The molecule has 3 aromatic rings. The molecule has 3 N–H and O–H groups in total. The Bertz CT molecular complexity index is 1060. The van der Waals surface area contributed by atoms with Crippen LogP contribution in [0.4, 0.5) is 27.5 Å². The van der Waals surface area contributed by atoms with Gasteiger partial charge in [-0.1, -0.05) is 12.6 Å². The summed E-state index contributed by atoms with van der Waals surface area (Å²) in [5, 5.41) is 15.9. The SMILES string of the molecule is C=CC(O)N1Cc2ccc(Nc3nc(Nc4ccc(OC)nc4)ncc3F)cc2C1. The summed E-state index contributed by atoms with van der Waals surface area (Å²) in [6.07, 6.45) is 3.47. The van der Waals surface area contributed by atoms with Crippen LogP contribution in [0.25, 0.3) is 0 Å². The van der Waals surface area contributed by atoms with Gasteiger partial charge in [0.2, 0.25) is 11.8 Å². The lowest BCUT2D eigenvalue weighted by Crippen LogP contribution is -2.27. The molecule has 3 heterocycles. The molecule has 0 saturated carbocycles. The molecule has 2 aromatic heterocycles. The number of hydrogen-bond donors (Lipinski definition) is 3. The Morgan fingerprint density at radius 2 is 1.93 bits per heavy atom. The van der Waals surface area contributed by atoms with E-state index in [2.05, 4.69) is 32.2 Å². The van der Waals surface area contributed by atoms with E-state index < -0.39 is 12.0 Å². The fraction of sp³-hybridized carbons (Fsp3) is 0.190. The van der Waals surface area contributed by atoms with E-state index in [-0.39, 0.29) is 11.8 Å². The number of aliphatic hydroxyl groups excluding tert-OH is 1. The number of nitrogens with zero attached hydrogens (tertiary/aromatic N) is 4. The third-order valence-corrected chi connectivity index (χ3v) is 4.75. The molecular formula is C21H21FN6O2. The van der Waals surface area contributed by atoms with Crippen LogP contribution in [0.15, 0.2) is 55.4 Å². The van der Waals surface area contributed by atoms with Crippen LogP contribution in [0.2, 0.25) is 0 Å². The van der Waals surface area contributed by atoms with Gasteiger partial charge in [-0.25, -0.2) is 14.4 Å². The first-order valence-corrected chi connectivity index (χ1v) is 9.29. The number of anilines is 4. The molecule has 0 amide bonds. The lowest BCUT2D eigenvalue weighted by Gasteiger charge is -2.18. The van der Waals surface area contributed by atoms with Gasteiger partial charge >= 0.3 is 0 Å². The van der Waals surface area contributed by atoms with Crippen LogP contribution in [0.5, 0.6) is 5.88 Å². The van der Waals surface area contributed by atoms with Gasteiger partial charge in [0.1, 0.15) is 6.23 Å². The van der Waals surface area contributed by atoms with Crippen molar-refractivity contribution in [3.63, 3.8) is 0 Å². The predicted octanol–water partition coefficient (Wildman–Crippen LogP) is 3.33. The molecule has 0 spiro atoms. The smallest absolute Gasteiger partial charge is 0.229 e. The average molecular weight is 408 g/mol. The number of pyridine rings is 1. The third kappa shape index (κ3) is 4.22. The highest BCUT2D eigenvalue weighted by atomic mass is 19.1. The highest BCUT2D eigenvalue weighted by molar-refractivity contribution is 5.61. The summed E-state index contributed by atoms with van der Waals surface area (Å²) in [5.74, 6) is 0.193. The van der Waals surface area contributed by atoms with E-state index >= 15 is 0 Å². The molecule has 1 atom stereocenters. The Morgan fingerprint density at radius 1 is 1.13 bits per heavy atom. The summed E-state index contributed by atoms with van der Waals surface area (Å²) in [6.45, 7) is 4.84. The highest BCUT2D eigenvalue weighted by Gasteiger charge is 2.23. The predicted molar refractivity (Wildman–Crippen MR) is 111 cm³/mol. The Kier molecular flexibility index (Phi) is 5.55. The maximum atomic E-state index is 14.3. The van der Waals surface area contributed by atoms with E-state index in [0.29, 0.717) is 30.3 Å². The van der Waals surface area contributed by atoms with Crippen LogP contribution in [-0.2, 0) is 13.1 Å². The first-order valence-electron chi connectivity index (χ1n) is 9.29. The number of hydrogen-bond acceptors (Lipinski definition) is 8. The number of methoxy groups -OCH3 is 1. The Balaban J connectivity index is 1.50. The molecule has 8 nitrogen and oxygen atoms in total. The number of ether oxygens (including phenoxy) is 1. The minimum absolute atomic E-state index is 0.0508. The van der Waals surface area contributed by atoms with Crippen LogP contribution < -0.4 is 15.4 Å². The molecule has 0 bridgehead atoms. The van der Waals surface area contributed by atoms with E-state index in [9.17, 15) is 9.50 Å². The molecule has 0 radical (unpaired) electrons. The second-order valence-corrected chi connectivity index (χ2v) is 6.77. The van der Waals surface area contributed by atoms with Crippen molar-refractivity contribution in [3.8, 4) is 5.88 Å². The quantitative estimate of drug-likeness (QED) is 0.513. The van der Waals surface area contributed by atoms with Crippen LogP contribution in [0.3, 0.4) is 0 Å². The maximum absolute atomic E-state index is 14.3. The van der Waals surface area contributed by atoms with Gasteiger partial charge in [0.05, 0.1) is 25.2 Å². The van der Waals surface area contributed by atoms with Crippen LogP contribution >= 0.6 is 0 Å². The molecule has 1 unspecified atom stereocenters. The molecule has 1 aliphatic heterocycles. The number of rotatable bonds is 7. The zero-order chi connectivity index (χ0) is 21.1. The van der Waals surface area contributed by atoms with Crippen molar-refractivity contribution in [2.24, 2.45) is 0 Å². The standard InChI is InChI=1S/C21H21FN6O2/c1-3-19(29)28-11-13-4-5-15(8-14(13)12-28)25-20-17(22)10-24-21(27-20)26-16-6-7-18(30-2)23-9-16/h3-10,19,29H,1,11-12H2,2H3,(H2,24,25,26,27). The summed E-state index contributed by atoms with van der Waals surface area (Å²) in [5.41, 5.74) is 3.50. The van der Waals surface area contributed by atoms with Gasteiger partial charge in [-0.2, -0.15) is 4.98 Å². The Morgan fingerprint density at radius 3 is 2.67 bits per heavy atom. The van der Waals surface area contributed by atoms with Gasteiger partial charge < -0.3 is 20.5 Å². The molecular weight excluding hydrogens is 387 g/mol. The first-order chi connectivity index (χ1) is 14.6. The van der Waals surface area contributed by atoms with Crippen molar-refractivity contribution >= 4 is 23.1 Å². The van der Waals surface area contributed by atoms with Crippen molar-refractivity contribution in [1.82, 2.24) is 19.9 Å². The summed E-state index contributed by atoms with van der Waals surface area (Å²) < 4.78 is 19.3. The second-order valence-electron chi connectivity index (χ2n) is 6.77. The molecule has 0 fully saturated rings.